The maximum Gasteiger partial charge on any atom is 0.303 e. The molecule has 0 bridgehead atoms. The van der Waals surface area contributed by atoms with Gasteiger partial charge in [-0.05, 0) is 230 Å². The summed E-state index contributed by atoms with van der Waals surface area (Å²) in [5, 5.41) is 42.0. The predicted molar refractivity (Wildman–Crippen MR) is 580 cm³/mol. The average Bonchev–Trinajstić information content (AvgIpc) is 1.10. The van der Waals surface area contributed by atoms with E-state index in [1.165, 1.54) is 0 Å². The smallest absolute Gasteiger partial charge is 0.303 e. The first-order chi connectivity index (χ1) is 73.4. The van der Waals surface area contributed by atoms with Crippen LogP contribution < -0.4 is 18.9 Å². The van der Waals surface area contributed by atoms with Gasteiger partial charge in [-0.3, -0.25) is 53.4 Å². The molecular formula is C125H126N8O17. The number of carboxylic acid groups (broad SMARTS) is 4. The number of carbonyl (C=O) groups excluding carboxylic acids is 4. The second-order valence-corrected chi connectivity index (χ2v) is 36.0. The van der Waals surface area contributed by atoms with Crippen molar-refractivity contribution in [2.75, 3.05) is 26.4 Å². The Bertz CT molecular complexity index is 6390. The lowest BCUT2D eigenvalue weighted by Crippen LogP contribution is -2.30. The van der Waals surface area contributed by atoms with E-state index >= 15 is 0 Å². The Morgan fingerprint density at radius 2 is 0.533 bits per heavy atom. The molecule has 0 spiro atoms. The number of aliphatic carboxylic acids is 4. The number of pyridine rings is 2. The second-order valence-electron chi connectivity index (χ2n) is 36.0. The lowest BCUT2D eigenvalue weighted by molar-refractivity contribution is -0.138. The van der Waals surface area contributed by atoms with Crippen LogP contribution in [0.5, 0.6) is 23.0 Å². The van der Waals surface area contributed by atoms with Crippen molar-refractivity contribution in [1.82, 2.24) is 39.8 Å². The van der Waals surface area contributed by atoms with Gasteiger partial charge in [0, 0.05) is 165 Å². The standard InChI is InChI=1S/2C32H32N2O4.C31H31NO5.C30H31N3O4/c35-31(36)15-5-2-8-21-38-30-14-7-6-12-29(30)24-34(23-25-10-3-1-4-11-25)32(37)27-18-16-26(17-19-27)28-13-9-20-33-22-28;35-31(36)13-5-2-8-22-38-30-12-7-6-11-29(30)24-34(23-25-9-3-1-4-10-25)32(37)28-16-14-26(15-17-28)27-18-20-33-21-19-27;33-30(34)15-5-2-8-20-36-29-13-7-6-12-27(29)23-32(22-24-10-3-1-4-11-24)31(35)26-18-16-25(17-19-26)28-14-9-21-37-28;34-29(35)13-5-2-8-18-37-28-12-7-6-11-26(28)22-33(21-23-9-3-1-4-10-23)30(36)25-16-14-24(15-17-25)27-19-31-32-20-27/h1,3-4,6-7,9-14,16-20,22H,2,5,8,15,21,23-24H2,(H,35,36);1,3-4,6-7,9-12,14-21H,2,5,8,13,22-24H2,(H,35,36);1,3-4,6-7,9-14,16-19,21H,2,5,8,15,20,22-23H2,(H,33,34);1,3-4,6-7,9-12,14-17,19-20H,2,5,8,13,18,21-22H2,(H,31,32)(H,34,35). The molecule has 4 heterocycles. The number of unbranched alkanes of at least 4 members (excludes halogenated alkanes) is 8. The van der Waals surface area contributed by atoms with Crippen molar-refractivity contribution in [3.05, 3.63) is 462 Å². The van der Waals surface area contributed by atoms with Crippen LogP contribution in [-0.2, 0) is 71.5 Å². The summed E-state index contributed by atoms with van der Waals surface area (Å²) in [6.45, 7) is 5.44. The number of nitrogens with one attached hydrogen (secondary N) is 1. The maximum atomic E-state index is 13.7. The molecule has 25 nitrogen and oxygen atoms in total. The first-order valence-corrected chi connectivity index (χ1v) is 50.7. The minimum atomic E-state index is -0.773. The van der Waals surface area contributed by atoms with E-state index in [-0.39, 0.29) is 49.3 Å². The number of carboxylic acids is 4. The summed E-state index contributed by atoms with van der Waals surface area (Å²) in [4.78, 5) is 113. The molecule has 0 aliphatic carbocycles. The van der Waals surface area contributed by atoms with Gasteiger partial charge in [0.05, 0.1) is 38.9 Å². The molecule has 5 N–H and O–H groups in total. The minimum Gasteiger partial charge on any atom is -0.493 e. The van der Waals surface area contributed by atoms with Crippen LogP contribution in [-0.4, -0.2) is 134 Å². The number of aromatic amines is 1. The molecule has 0 aliphatic rings. The topological polar surface area (TPSA) is 335 Å². The number of rotatable bonds is 52. The second kappa shape index (κ2) is 60.4. The number of furan rings is 1. The Labute approximate surface area is 875 Å². The number of hydrogen-bond donors (Lipinski definition) is 5. The van der Waals surface area contributed by atoms with E-state index in [2.05, 4.69) is 20.2 Å². The van der Waals surface area contributed by atoms with Gasteiger partial charge in [0.15, 0.2) is 0 Å². The molecule has 16 aromatic rings. The third-order valence-corrected chi connectivity index (χ3v) is 24.7. The van der Waals surface area contributed by atoms with Crippen LogP contribution in [0.4, 0.5) is 0 Å². The number of nitrogens with zero attached hydrogens (tertiary/aromatic N) is 7. The van der Waals surface area contributed by atoms with Gasteiger partial charge in [-0.1, -0.05) is 249 Å². The molecule has 0 saturated heterocycles. The number of para-hydroxylation sites is 4. The fraction of sp³-hybridized carbons (Fsp3) is 0.224. The first-order valence-electron chi connectivity index (χ1n) is 50.7. The molecule has 0 radical (unpaired) electrons. The summed E-state index contributed by atoms with van der Waals surface area (Å²) >= 11 is 0. The van der Waals surface area contributed by atoms with Crippen LogP contribution in [0.3, 0.4) is 0 Å². The number of benzene rings is 12. The molecule has 768 valence electrons. The first kappa shape index (κ1) is 110. The molecule has 16 rings (SSSR count). The highest BCUT2D eigenvalue weighted by atomic mass is 16.5. The molecule has 4 amide bonds. The lowest BCUT2D eigenvalue weighted by atomic mass is 10.0. The van der Waals surface area contributed by atoms with Crippen molar-refractivity contribution in [3.8, 4) is 67.7 Å². The summed E-state index contributed by atoms with van der Waals surface area (Å²) in [7, 11) is 0. The molecule has 150 heavy (non-hydrogen) atoms. The Balaban J connectivity index is 0.000000167. The fourth-order valence-corrected chi connectivity index (χ4v) is 16.7. The van der Waals surface area contributed by atoms with Crippen LogP contribution in [0.1, 0.15) is 189 Å². The van der Waals surface area contributed by atoms with E-state index in [4.69, 9.17) is 43.8 Å². The highest BCUT2D eigenvalue weighted by molar-refractivity contribution is 5.97. The molecule has 0 atom stereocenters. The number of ether oxygens (including phenoxy) is 4. The molecule has 0 saturated carbocycles. The third kappa shape index (κ3) is 36.5. The molecule has 12 aromatic carbocycles. The summed E-state index contributed by atoms with van der Waals surface area (Å²) in [6.07, 6.45) is 21.8. The summed E-state index contributed by atoms with van der Waals surface area (Å²) in [6, 6.07) is 113. The van der Waals surface area contributed by atoms with E-state index < -0.39 is 23.9 Å². The van der Waals surface area contributed by atoms with Crippen molar-refractivity contribution >= 4 is 47.5 Å². The molecule has 4 aromatic heterocycles. The van der Waals surface area contributed by atoms with Crippen LogP contribution in [0.2, 0.25) is 0 Å². The Morgan fingerprint density at radius 3 is 0.813 bits per heavy atom. The number of H-pyrrole nitrogens is 1. The van der Waals surface area contributed by atoms with E-state index in [0.29, 0.717) is 127 Å². The number of amides is 4. The normalized spacial score (nSPS) is 10.7. The highest BCUT2D eigenvalue weighted by Crippen LogP contribution is 2.33. The van der Waals surface area contributed by atoms with Gasteiger partial charge >= 0.3 is 23.9 Å². The fourth-order valence-electron chi connectivity index (χ4n) is 16.7. The predicted octanol–water partition coefficient (Wildman–Crippen LogP) is 26.0. The lowest BCUT2D eigenvalue weighted by Gasteiger charge is -2.24. The molecule has 0 fully saturated rings. The highest BCUT2D eigenvalue weighted by Gasteiger charge is 2.26. The minimum absolute atomic E-state index is 0.0568. The monoisotopic (exact) mass is 2010 g/mol. The van der Waals surface area contributed by atoms with Crippen molar-refractivity contribution in [3.63, 3.8) is 0 Å². The number of hydrogen-bond acceptors (Lipinski definition) is 16. The average molecular weight is 2010 g/mol. The summed E-state index contributed by atoms with van der Waals surface area (Å²) in [5.74, 6) is 0.371. The molecule has 25 heteroatoms. The van der Waals surface area contributed by atoms with Gasteiger partial charge in [0.25, 0.3) is 23.6 Å². The Morgan fingerprint density at radius 1 is 0.247 bits per heavy atom. The summed E-state index contributed by atoms with van der Waals surface area (Å²) in [5.41, 5.74) is 17.3. The molecular weight excluding hydrogens is 1890 g/mol. The van der Waals surface area contributed by atoms with Crippen molar-refractivity contribution in [2.45, 2.75) is 155 Å². The third-order valence-electron chi connectivity index (χ3n) is 24.7. The van der Waals surface area contributed by atoms with Gasteiger partial charge in [0.2, 0.25) is 0 Å². The number of carbonyl (C=O) groups is 8. The van der Waals surface area contributed by atoms with Gasteiger partial charge < -0.3 is 63.4 Å². The SMILES string of the molecule is O=C(O)CCCCCOc1ccccc1CN(Cc1ccccc1)C(=O)c1ccc(-c2cccnc2)cc1.O=C(O)CCCCCOc1ccccc1CN(Cc1ccccc1)C(=O)c1ccc(-c2ccco2)cc1.O=C(O)CCCCCOc1ccccc1CN(Cc1ccccc1)C(=O)c1ccc(-c2ccncc2)cc1.O=C(O)CCCCCOc1ccccc1CN(Cc1ccccc1)C(=O)c1ccc(-c2cn[nH]c2)cc1. The Kier molecular flexibility index (Phi) is 44.1. The van der Waals surface area contributed by atoms with Crippen LogP contribution in [0, 0.1) is 0 Å². The van der Waals surface area contributed by atoms with Gasteiger partial charge in [-0.2, -0.15) is 5.10 Å². The van der Waals surface area contributed by atoms with Crippen molar-refractivity contribution in [1.29, 1.82) is 0 Å². The zero-order chi connectivity index (χ0) is 105. The van der Waals surface area contributed by atoms with E-state index in [0.717, 1.165) is 164 Å². The molecule has 0 unspecified atom stereocenters. The molecule has 0 aliphatic heterocycles. The quantitative estimate of drug-likeness (QED) is 0.0221. The van der Waals surface area contributed by atoms with Crippen LogP contribution in [0.15, 0.2) is 400 Å². The van der Waals surface area contributed by atoms with Crippen LogP contribution >= 0.6 is 0 Å². The zero-order valence-electron chi connectivity index (χ0n) is 84.1. The summed E-state index contributed by atoms with van der Waals surface area (Å²) < 4.78 is 29.7. The largest absolute Gasteiger partial charge is 0.493 e. The van der Waals surface area contributed by atoms with Crippen molar-refractivity contribution in [2.24, 2.45) is 0 Å². The van der Waals surface area contributed by atoms with E-state index in [1.807, 2.05) is 384 Å². The van der Waals surface area contributed by atoms with Crippen LogP contribution in [0.25, 0.3) is 44.7 Å². The van der Waals surface area contributed by atoms with E-state index in [1.54, 1.807) is 31.1 Å². The van der Waals surface area contributed by atoms with Crippen molar-refractivity contribution < 1.29 is 82.1 Å². The maximum absolute atomic E-state index is 13.7. The van der Waals surface area contributed by atoms with Gasteiger partial charge in [-0.25, -0.2) is 0 Å². The zero-order valence-corrected chi connectivity index (χ0v) is 84.1. The van der Waals surface area contributed by atoms with Gasteiger partial charge in [0.1, 0.15) is 28.8 Å². The van der Waals surface area contributed by atoms with Gasteiger partial charge in [-0.15, -0.1) is 0 Å². The Hall–Kier alpha value is -17.6. The van der Waals surface area contributed by atoms with E-state index in [9.17, 15) is 38.4 Å². The number of aromatic nitrogens is 4.